The van der Waals surface area contributed by atoms with Gasteiger partial charge in [-0.3, -0.25) is 25.9 Å². The molecule has 0 bridgehead atoms. The standard InChI is InChI=1S/C17H23N5O3.C14H20N4O4/c18-15(16(23)24)7-11(9-21-17(19)20)10-25-22-14-6-5-12-3-1-2-4-13(12)8-14;15-13(16)17-8-4-7-11(12(19)20)18-14(21)22-9-10-5-2-1-3-6-10/h1-6,8,11,15,22H,7,9-10,18H2,(H,23,24)(H4,19,20,21);1-3,5-6,11H,4,7-9H2,(H,18,21)(H,19,20)(H4,15,16,17)/t11?,15-;11-/m00/s1. The fourth-order valence-corrected chi connectivity index (χ4v) is 4.11. The number of alkyl carbamates (subject to hydrolysis) is 1. The molecule has 0 saturated heterocycles. The molecule has 14 N–H and O–H groups in total. The second kappa shape index (κ2) is 20.4. The van der Waals surface area contributed by atoms with Gasteiger partial charge in [0.2, 0.25) is 0 Å². The average Bonchev–Trinajstić information content (AvgIpc) is 3.04. The Morgan fingerprint density at radius 3 is 2.15 bits per heavy atom. The van der Waals surface area contributed by atoms with Crippen LogP contribution >= 0.6 is 0 Å². The number of fused-ring (bicyclic) bond motifs is 1. The van der Waals surface area contributed by atoms with E-state index in [4.69, 9.17) is 47.8 Å². The molecule has 16 heteroatoms. The van der Waals surface area contributed by atoms with Crippen LogP contribution in [0, 0.1) is 16.7 Å². The fraction of sp³-hybridized carbons (Fsp3) is 0.323. The zero-order chi connectivity index (χ0) is 34.6. The predicted octanol–water partition coefficient (Wildman–Crippen LogP) is 1.71. The lowest BCUT2D eigenvalue weighted by molar-refractivity contribution is -0.140. The second-order valence-electron chi connectivity index (χ2n) is 10.4. The summed E-state index contributed by atoms with van der Waals surface area (Å²) in [6.45, 7) is 0.953. The van der Waals surface area contributed by atoms with Crippen molar-refractivity contribution in [2.45, 2.75) is 38.0 Å². The Balaban J connectivity index is 0.000000330. The lowest BCUT2D eigenvalue weighted by atomic mass is 10.0. The molecule has 47 heavy (non-hydrogen) atoms. The van der Waals surface area contributed by atoms with Gasteiger partial charge in [-0.25, -0.2) is 9.59 Å². The Labute approximate surface area is 271 Å². The van der Waals surface area contributed by atoms with Gasteiger partial charge in [0.05, 0.1) is 12.3 Å². The maximum absolute atomic E-state index is 11.6. The maximum Gasteiger partial charge on any atom is 0.408 e. The number of nitrogens with one attached hydrogen (secondary N) is 6. The van der Waals surface area contributed by atoms with Crippen molar-refractivity contribution in [3.8, 4) is 0 Å². The number of benzene rings is 3. The lowest BCUT2D eigenvalue weighted by Gasteiger charge is -2.20. The van der Waals surface area contributed by atoms with Crippen molar-refractivity contribution in [3.63, 3.8) is 0 Å². The van der Waals surface area contributed by atoms with Crippen molar-refractivity contribution in [2.75, 3.05) is 25.2 Å². The van der Waals surface area contributed by atoms with Gasteiger partial charge in [0.25, 0.3) is 0 Å². The second-order valence-corrected chi connectivity index (χ2v) is 10.4. The van der Waals surface area contributed by atoms with Gasteiger partial charge in [0.1, 0.15) is 18.7 Å². The van der Waals surface area contributed by atoms with Crippen LogP contribution in [0.1, 0.15) is 24.8 Å². The highest BCUT2D eigenvalue weighted by Crippen LogP contribution is 2.19. The van der Waals surface area contributed by atoms with Crippen LogP contribution in [-0.4, -0.2) is 71.9 Å². The van der Waals surface area contributed by atoms with Crippen LogP contribution in [0.2, 0.25) is 0 Å². The molecule has 0 aliphatic heterocycles. The normalized spacial score (nSPS) is 12.3. The smallest absolute Gasteiger partial charge is 0.408 e. The van der Waals surface area contributed by atoms with Crippen LogP contribution in [0.25, 0.3) is 10.8 Å². The van der Waals surface area contributed by atoms with Crippen molar-refractivity contribution in [1.29, 1.82) is 10.8 Å². The van der Waals surface area contributed by atoms with Crippen molar-refractivity contribution in [2.24, 2.45) is 23.1 Å². The highest BCUT2D eigenvalue weighted by Gasteiger charge is 2.21. The molecule has 3 aromatic rings. The van der Waals surface area contributed by atoms with Gasteiger partial charge in [-0.05, 0) is 47.7 Å². The van der Waals surface area contributed by atoms with E-state index in [9.17, 15) is 14.4 Å². The number of carboxylic acid groups (broad SMARTS) is 2. The molecular formula is C31H43N9O7. The SMILES string of the molecule is N=C(N)NCC(CONc1ccc2ccccc2c1)C[C@H](N)C(=O)O.N=C(N)NCCC[C@H](NC(=O)OCc1ccccc1)C(=O)O. The highest BCUT2D eigenvalue weighted by molar-refractivity contribution is 5.85. The van der Waals surface area contributed by atoms with Crippen molar-refractivity contribution in [3.05, 3.63) is 78.4 Å². The van der Waals surface area contributed by atoms with E-state index in [1.807, 2.05) is 60.7 Å². The number of aliphatic carboxylic acids is 2. The third kappa shape index (κ3) is 15.8. The summed E-state index contributed by atoms with van der Waals surface area (Å²) in [6, 6.07) is 20.9. The largest absolute Gasteiger partial charge is 0.480 e. The molecule has 3 rings (SSSR count). The minimum Gasteiger partial charge on any atom is -0.480 e. The Morgan fingerprint density at radius 1 is 0.851 bits per heavy atom. The fourth-order valence-electron chi connectivity index (χ4n) is 4.11. The molecule has 3 aromatic carbocycles. The summed E-state index contributed by atoms with van der Waals surface area (Å²) in [4.78, 5) is 39.1. The predicted molar refractivity (Wildman–Crippen MR) is 177 cm³/mol. The van der Waals surface area contributed by atoms with Crippen molar-refractivity contribution < 1.29 is 34.2 Å². The first kappa shape index (κ1) is 37.6. The molecular weight excluding hydrogens is 610 g/mol. The van der Waals surface area contributed by atoms with E-state index in [1.165, 1.54) is 0 Å². The molecule has 0 aliphatic rings. The third-order valence-corrected chi connectivity index (χ3v) is 6.53. The molecule has 1 amide bonds. The first-order chi connectivity index (χ1) is 22.4. The zero-order valence-corrected chi connectivity index (χ0v) is 25.8. The van der Waals surface area contributed by atoms with E-state index < -0.39 is 30.1 Å². The topological polar surface area (TPSA) is 284 Å². The number of rotatable bonds is 17. The van der Waals surface area contributed by atoms with E-state index in [-0.39, 0.29) is 43.9 Å². The van der Waals surface area contributed by atoms with E-state index >= 15 is 0 Å². The molecule has 0 aliphatic carbocycles. The van der Waals surface area contributed by atoms with Crippen molar-refractivity contribution >= 4 is 46.4 Å². The number of hydrogen-bond acceptors (Lipinski definition) is 9. The summed E-state index contributed by atoms with van der Waals surface area (Å²) in [6.07, 6.45) is 0.0661. The molecule has 0 saturated carbocycles. The van der Waals surface area contributed by atoms with E-state index in [1.54, 1.807) is 12.1 Å². The van der Waals surface area contributed by atoms with Crippen LogP contribution in [0.15, 0.2) is 72.8 Å². The number of anilines is 1. The molecule has 0 spiro atoms. The number of hydrogen-bond donors (Lipinski definition) is 11. The van der Waals surface area contributed by atoms with Crippen molar-refractivity contribution in [1.82, 2.24) is 16.0 Å². The lowest BCUT2D eigenvalue weighted by Crippen LogP contribution is -2.41. The summed E-state index contributed by atoms with van der Waals surface area (Å²) in [5.41, 5.74) is 20.4. The summed E-state index contributed by atoms with van der Waals surface area (Å²) in [5.74, 6) is -2.80. The zero-order valence-electron chi connectivity index (χ0n) is 25.8. The molecule has 0 heterocycles. The minimum atomic E-state index is -1.14. The maximum atomic E-state index is 11.6. The molecule has 0 radical (unpaired) electrons. The molecule has 3 atom stereocenters. The minimum absolute atomic E-state index is 0.0743. The van der Waals surface area contributed by atoms with Gasteiger partial charge < -0.3 is 48.1 Å². The molecule has 16 nitrogen and oxygen atoms in total. The Morgan fingerprint density at radius 2 is 1.51 bits per heavy atom. The van der Waals surface area contributed by atoms with Gasteiger partial charge in [0, 0.05) is 19.0 Å². The Bertz CT molecular complexity index is 1460. The highest BCUT2D eigenvalue weighted by atomic mass is 16.6. The number of nitrogens with two attached hydrogens (primary N) is 3. The van der Waals surface area contributed by atoms with Crippen LogP contribution in [-0.2, 0) is 25.8 Å². The number of amides is 1. The van der Waals surface area contributed by atoms with E-state index in [0.717, 1.165) is 22.0 Å². The Kier molecular flexibility index (Phi) is 16.3. The summed E-state index contributed by atoms with van der Waals surface area (Å²) < 4.78 is 4.97. The molecule has 254 valence electrons. The van der Waals surface area contributed by atoms with Crippen LogP contribution in [0.5, 0.6) is 0 Å². The van der Waals surface area contributed by atoms with Gasteiger partial charge in [-0.1, -0.05) is 60.7 Å². The van der Waals surface area contributed by atoms with Crippen LogP contribution < -0.4 is 38.6 Å². The third-order valence-electron chi connectivity index (χ3n) is 6.53. The summed E-state index contributed by atoms with van der Waals surface area (Å²) in [5, 5.41) is 41.9. The van der Waals surface area contributed by atoms with Gasteiger partial charge in [-0.2, -0.15) is 0 Å². The number of guanidine groups is 2. The molecule has 0 aromatic heterocycles. The molecule has 1 unspecified atom stereocenters. The van der Waals surface area contributed by atoms with Gasteiger partial charge >= 0.3 is 18.0 Å². The first-order valence-corrected chi connectivity index (χ1v) is 14.6. The number of carboxylic acids is 2. The first-order valence-electron chi connectivity index (χ1n) is 14.6. The number of ether oxygens (including phenoxy) is 1. The summed E-state index contributed by atoms with van der Waals surface area (Å²) >= 11 is 0. The van der Waals surface area contributed by atoms with Gasteiger partial charge in [0.15, 0.2) is 11.9 Å². The molecule has 0 fully saturated rings. The summed E-state index contributed by atoms with van der Waals surface area (Å²) in [7, 11) is 0. The Hall–Kier alpha value is -5.61. The van der Waals surface area contributed by atoms with Gasteiger partial charge in [-0.15, -0.1) is 0 Å². The van der Waals surface area contributed by atoms with E-state index in [0.29, 0.717) is 19.5 Å². The average molecular weight is 654 g/mol. The number of carbonyl (C=O) groups is 3. The van der Waals surface area contributed by atoms with Crippen LogP contribution in [0.4, 0.5) is 10.5 Å². The quantitative estimate of drug-likeness (QED) is 0.0429. The van der Waals surface area contributed by atoms with E-state index in [2.05, 4.69) is 21.4 Å². The number of carbonyl (C=O) groups excluding carboxylic acids is 1. The van der Waals surface area contributed by atoms with Crippen LogP contribution in [0.3, 0.4) is 0 Å². The monoisotopic (exact) mass is 653 g/mol.